The zero-order valence-electron chi connectivity index (χ0n) is 10.8. The lowest BCUT2D eigenvalue weighted by Crippen LogP contribution is -2.04. The molecule has 0 aliphatic carbocycles. The van der Waals surface area contributed by atoms with Crippen molar-refractivity contribution in [1.29, 1.82) is 0 Å². The highest BCUT2D eigenvalue weighted by Gasteiger charge is 2.21. The van der Waals surface area contributed by atoms with E-state index in [1.165, 1.54) is 7.11 Å². The number of pyridine rings is 1. The van der Waals surface area contributed by atoms with Crippen molar-refractivity contribution in [3.63, 3.8) is 0 Å². The number of ether oxygens (including phenoxy) is 2. The highest BCUT2D eigenvalue weighted by atomic mass is 79.9. The van der Waals surface area contributed by atoms with Gasteiger partial charge in [0.2, 0.25) is 0 Å². The Balaban J connectivity index is 2.36. The van der Waals surface area contributed by atoms with E-state index in [-0.39, 0.29) is 11.4 Å². The molecule has 2 aromatic rings. The van der Waals surface area contributed by atoms with Gasteiger partial charge in [-0.25, -0.2) is 9.78 Å². The molecule has 1 heterocycles. The first-order valence-electron chi connectivity index (χ1n) is 5.67. The molecule has 0 N–H and O–H groups in total. The molecule has 2 rings (SSSR count). The summed E-state index contributed by atoms with van der Waals surface area (Å²) in [6.07, 6.45) is 1.16. The lowest BCUT2D eigenvalue weighted by Gasteiger charge is -2.06. The second-order valence-electron chi connectivity index (χ2n) is 3.85. The van der Waals surface area contributed by atoms with Gasteiger partial charge in [-0.05, 0) is 24.3 Å². The van der Waals surface area contributed by atoms with Crippen LogP contribution in [0.1, 0.15) is 10.4 Å². The third-order valence-corrected chi connectivity index (χ3v) is 3.01. The molecule has 1 aromatic carbocycles. The number of methoxy groups -OCH3 is 1. The highest BCUT2D eigenvalue weighted by molar-refractivity contribution is 9.10. The van der Waals surface area contributed by atoms with Gasteiger partial charge in [0.1, 0.15) is 5.75 Å². The van der Waals surface area contributed by atoms with Crippen LogP contribution in [0.25, 0.3) is 0 Å². The quantitative estimate of drug-likeness (QED) is 0.476. The Bertz CT molecular complexity index is 687. The van der Waals surface area contributed by atoms with Crippen LogP contribution in [0.3, 0.4) is 0 Å². The van der Waals surface area contributed by atoms with Crippen molar-refractivity contribution in [2.45, 2.75) is 0 Å². The lowest BCUT2D eigenvalue weighted by molar-refractivity contribution is -0.386. The van der Waals surface area contributed by atoms with Gasteiger partial charge in [-0.1, -0.05) is 15.9 Å². The van der Waals surface area contributed by atoms with Crippen molar-refractivity contribution < 1.29 is 19.2 Å². The highest BCUT2D eigenvalue weighted by Crippen LogP contribution is 2.30. The minimum Gasteiger partial charge on any atom is -0.465 e. The molecule has 1 aromatic heterocycles. The van der Waals surface area contributed by atoms with Crippen LogP contribution in [0.2, 0.25) is 0 Å². The molecule has 0 unspecified atom stereocenters. The Morgan fingerprint density at radius 1 is 1.33 bits per heavy atom. The molecule has 108 valence electrons. The minimum atomic E-state index is -0.708. The number of nitro groups is 1. The van der Waals surface area contributed by atoms with Crippen molar-refractivity contribution in [3.8, 4) is 11.6 Å². The van der Waals surface area contributed by atoms with Crippen LogP contribution in [0, 0.1) is 10.1 Å². The van der Waals surface area contributed by atoms with E-state index in [0.29, 0.717) is 5.75 Å². The number of carbonyl (C=O) groups is 1. The van der Waals surface area contributed by atoms with Gasteiger partial charge in [-0.2, -0.15) is 0 Å². The summed E-state index contributed by atoms with van der Waals surface area (Å²) in [5.41, 5.74) is -0.437. The zero-order valence-corrected chi connectivity index (χ0v) is 12.4. The van der Waals surface area contributed by atoms with Gasteiger partial charge in [0.05, 0.1) is 17.6 Å². The maximum absolute atomic E-state index is 11.4. The molecule has 8 heteroatoms. The van der Waals surface area contributed by atoms with Crippen molar-refractivity contribution in [2.75, 3.05) is 7.11 Å². The summed E-state index contributed by atoms with van der Waals surface area (Å²) in [6.45, 7) is 0. The van der Waals surface area contributed by atoms with Crippen LogP contribution in [0.5, 0.6) is 11.6 Å². The molecule has 0 bridgehead atoms. The average Bonchev–Trinajstić information content (AvgIpc) is 2.49. The second kappa shape index (κ2) is 6.31. The molecule has 0 fully saturated rings. The molecule has 0 atom stereocenters. The standard InChI is InChI=1S/C13H9BrN2O5/c1-20-13(17)8-6-11(16(18)19)12(15-7-8)21-10-4-2-9(14)3-5-10/h2-7H,1H3. The Kier molecular flexibility index (Phi) is 4.49. The number of carbonyl (C=O) groups excluding carboxylic acids is 1. The maximum atomic E-state index is 11.4. The first kappa shape index (κ1) is 14.9. The normalized spacial score (nSPS) is 10.0. The number of benzene rings is 1. The average molecular weight is 353 g/mol. The van der Waals surface area contributed by atoms with Crippen LogP contribution >= 0.6 is 15.9 Å². The monoisotopic (exact) mass is 352 g/mol. The summed E-state index contributed by atoms with van der Waals surface area (Å²) in [7, 11) is 1.18. The number of aromatic nitrogens is 1. The second-order valence-corrected chi connectivity index (χ2v) is 4.77. The zero-order chi connectivity index (χ0) is 15.4. The van der Waals surface area contributed by atoms with E-state index in [9.17, 15) is 14.9 Å². The van der Waals surface area contributed by atoms with E-state index >= 15 is 0 Å². The molecule has 7 nitrogen and oxygen atoms in total. The first-order valence-corrected chi connectivity index (χ1v) is 6.46. The summed E-state index contributed by atoms with van der Waals surface area (Å²) in [5.74, 6) is -0.518. The summed E-state index contributed by atoms with van der Waals surface area (Å²) < 4.78 is 10.7. The van der Waals surface area contributed by atoms with Crippen molar-refractivity contribution in [2.24, 2.45) is 0 Å². The van der Waals surface area contributed by atoms with Crippen LogP contribution in [0.15, 0.2) is 41.0 Å². The summed E-state index contributed by atoms with van der Waals surface area (Å²) in [5, 5.41) is 11.1. The van der Waals surface area contributed by atoms with Crippen molar-refractivity contribution in [1.82, 2.24) is 4.98 Å². The van der Waals surface area contributed by atoms with Gasteiger partial charge in [0.15, 0.2) is 0 Å². The van der Waals surface area contributed by atoms with E-state index in [4.69, 9.17) is 4.74 Å². The number of nitrogens with zero attached hydrogens (tertiary/aromatic N) is 2. The SMILES string of the molecule is COC(=O)c1cnc(Oc2ccc(Br)cc2)c([N+](=O)[O-])c1. The number of hydrogen-bond acceptors (Lipinski definition) is 6. The van der Waals surface area contributed by atoms with Crippen LogP contribution < -0.4 is 4.74 Å². The predicted molar refractivity (Wildman–Crippen MR) is 76.4 cm³/mol. The fourth-order valence-electron chi connectivity index (χ4n) is 1.49. The molecular weight excluding hydrogens is 344 g/mol. The minimum absolute atomic E-state index is 0.0210. The van der Waals surface area contributed by atoms with Crippen molar-refractivity contribution in [3.05, 3.63) is 56.7 Å². The van der Waals surface area contributed by atoms with Gasteiger partial charge >= 0.3 is 11.7 Å². The number of hydrogen-bond donors (Lipinski definition) is 0. The topological polar surface area (TPSA) is 91.6 Å². The fraction of sp³-hybridized carbons (Fsp3) is 0.0769. The molecule has 0 radical (unpaired) electrons. The van der Waals surface area contributed by atoms with E-state index in [1.54, 1.807) is 24.3 Å². The molecule has 0 aliphatic heterocycles. The van der Waals surface area contributed by atoms with Crippen LogP contribution in [-0.4, -0.2) is 23.0 Å². The molecule has 0 aliphatic rings. The van der Waals surface area contributed by atoms with Gasteiger partial charge in [0.25, 0.3) is 5.88 Å². The van der Waals surface area contributed by atoms with Gasteiger partial charge in [0, 0.05) is 16.7 Å². The predicted octanol–water partition coefficient (Wildman–Crippen LogP) is 3.33. The van der Waals surface area contributed by atoms with E-state index in [1.807, 2.05) is 0 Å². The smallest absolute Gasteiger partial charge is 0.339 e. The van der Waals surface area contributed by atoms with Gasteiger partial charge < -0.3 is 9.47 Å². The van der Waals surface area contributed by atoms with Crippen LogP contribution in [-0.2, 0) is 4.74 Å². The maximum Gasteiger partial charge on any atom is 0.339 e. The molecule has 0 saturated heterocycles. The Morgan fingerprint density at radius 3 is 2.57 bits per heavy atom. The molecule has 0 saturated carbocycles. The van der Waals surface area contributed by atoms with E-state index < -0.39 is 16.6 Å². The molecule has 21 heavy (non-hydrogen) atoms. The number of esters is 1. The molecular formula is C13H9BrN2O5. The van der Waals surface area contributed by atoms with Gasteiger partial charge in [-0.3, -0.25) is 10.1 Å². The molecule has 0 amide bonds. The third-order valence-electron chi connectivity index (χ3n) is 2.48. The summed E-state index contributed by atoms with van der Waals surface area (Å²) in [6, 6.07) is 7.77. The largest absolute Gasteiger partial charge is 0.465 e. The summed E-state index contributed by atoms with van der Waals surface area (Å²) >= 11 is 3.27. The number of rotatable bonds is 4. The van der Waals surface area contributed by atoms with Gasteiger partial charge in [-0.15, -0.1) is 0 Å². The van der Waals surface area contributed by atoms with E-state index in [2.05, 4.69) is 25.7 Å². The summed E-state index contributed by atoms with van der Waals surface area (Å²) in [4.78, 5) is 25.6. The van der Waals surface area contributed by atoms with Crippen molar-refractivity contribution >= 4 is 27.6 Å². The number of halogens is 1. The first-order chi connectivity index (χ1) is 10.0. The Labute approximate surface area is 127 Å². The Hall–Kier alpha value is -2.48. The Morgan fingerprint density at radius 2 is 2.00 bits per heavy atom. The lowest BCUT2D eigenvalue weighted by atomic mass is 10.2. The molecule has 0 spiro atoms. The third kappa shape index (κ3) is 3.54. The van der Waals surface area contributed by atoms with E-state index in [0.717, 1.165) is 16.7 Å². The van der Waals surface area contributed by atoms with Crippen LogP contribution in [0.4, 0.5) is 5.69 Å². The fourth-order valence-corrected chi connectivity index (χ4v) is 1.76.